The van der Waals surface area contributed by atoms with Gasteiger partial charge in [-0.25, -0.2) is 13.1 Å². The van der Waals surface area contributed by atoms with E-state index in [0.717, 1.165) is 0 Å². The molecule has 7 nitrogen and oxygen atoms in total. The van der Waals surface area contributed by atoms with Gasteiger partial charge in [0, 0.05) is 18.0 Å². The van der Waals surface area contributed by atoms with E-state index in [9.17, 15) is 18.3 Å². The lowest BCUT2D eigenvalue weighted by Gasteiger charge is -2.49. The summed E-state index contributed by atoms with van der Waals surface area (Å²) in [6, 6.07) is 3.04. The van der Waals surface area contributed by atoms with Crippen molar-refractivity contribution < 1.29 is 22.8 Å². The third-order valence-corrected chi connectivity index (χ3v) is 7.22. The molecule has 1 aliphatic heterocycles. The van der Waals surface area contributed by atoms with Crippen molar-refractivity contribution in [3.63, 3.8) is 0 Å². The molecule has 26 heavy (non-hydrogen) atoms. The number of hydrogen-bond donors (Lipinski definition) is 2. The third kappa shape index (κ3) is 3.72. The van der Waals surface area contributed by atoms with Gasteiger partial charge < -0.3 is 15.6 Å². The van der Waals surface area contributed by atoms with Crippen LogP contribution in [0.1, 0.15) is 27.2 Å². The Hall–Kier alpha value is -0.900. The van der Waals surface area contributed by atoms with Crippen molar-refractivity contribution in [1.29, 1.82) is 0 Å². The molecule has 0 aromatic heterocycles. The Balaban J connectivity index is 2.37. The molecule has 1 saturated heterocycles. The van der Waals surface area contributed by atoms with Crippen LogP contribution in [-0.4, -0.2) is 49.7 Å². The maximum absolute atomic E-state index is 12.7. The highest BCUT2D eigenvalue weighted by Gasteiger charge is 2.55. The summed E-state index contributed by atoms with van der Waals surface area (Å²) in [7, 11) is -3.98. The van der Waals surface area contributed by atoms with E-state index < -0.39 is 38.2 Å². The number of carbonyl (C=O) groups excluding carboxylic acids is 1. The van der Waals surface area contributed by atoms with E-state index in [4.69, 9.17) is 28.9 Å². The van der Waals surface area contributed by atoms with Gasteiger partial charge in [-0.1, -0.05) is 23.2 Å². The van der Waals surface area contributed by atoms with Gasteiger partial charge in [-0.15, -0.1) is 0 Å². The molecule has 0 aliphatic carbocycles. The van der Waals surface area contributed by atoms with Crippen molar-refractivity contribution in [2.45, 2.75) is 49.7 Å². The van der Waals surface area contributed by atoms with Gasteiger partial charge in [-0.2, -0.15) is 0 Å². The van der Waals surface area contributed by atoms with Gasteiger partial charge >= 0.3 is 0 Å². The van der Waals surface area contributed by atoms with E-state index in [2.05, 4.69) is 4.72 Å². The summed E-state index contributed by atoms with van der Waals surface area (Å²) < 4.78 is 27.6. The monoisotopic (exact) mass is 423 g/mol. The summed E-state index contributed by atoms with van der Waals surface area (Å²) in [5.41, 5.74) is 5.09. The number of nitrogens with zero attached hydrogens (tertiary/aromatic N) is 1. The molecule has 1 fully saturated rings. The van der Waals surface area contributed by atoms with Crippen molar-refractivity contribution in [1.82, 2.24) is 4.72 Å². The fourth-order valence-corrected chi connectivity index (χ4v) is 5.73. The summed E-state index contributed by atoms with van der Waals surface area (Å²) in [5.74, 6) is 0. The van der Waals surface area contributed by atoms with Crippen molar-refractivity contribution in [2.24, 2.45) is 5.73 Å². The average Bonchev–Trinajstić information content (AvgIpc) is 2.88. The van der Waals surface area contributed by atoms with Crippen LogP contribution in [0.3, 0.4) is 0 Å². The Bertz CT molecular complexity index is 810. The zero-order chi connectivity index (χ0) is 19.9. The maximum Gasteiger partial charge on any atom is 0.258 e. The first kappa shape index (κ1) is 21.4. The van der Waals surface area contributed by atoms with Crippen LogP contribution in [0.2, 0.25) is 10.0 Å². The first-order valence-electron chi connectivity index (χ1n) is 8.12. The lowest BCUT2D eigenvalue weighted by atomic mass is 10.00. The maximum atomic E-state index is 12.7. The zero-order valence-corrected chi connectivity index (χ0v) is 17.2. The van der Waals surface area contributed by atoms with E-state index in [0.29, 0.717) is 0 Å². The van der Waals surface area contributed by atoms with Crippen molar-refractivity contribution in [3.05, 3.63) is 28.2 Å². The zero-order valence-electron chi connectivity index (χ0n) is 14.8. The lowest BCUT2D eigenvalue weighted by Crippen LogP contribution is -2.71. The van der Waals surface area contributed by atoms with Gasteiger partial charge in [0.05, 0.1) is 16.6 Å². The van der Waals surface area contributed by atoms with Crippen LogP contribution >= 0.6 is 23.2 Å². The molecule has 1 aliphatic rings. The normalized spacial score (nSPS) is 26.8. The first-order valence-corrected chi connectivity index (χ1v) is 10.4. The quantitative estimate of drug-likeness (QED) is 0.709. The molecule has 1 amide bonds. The number of carboxylic acid groups (broad SMARTS) is 1. The van der Waals surface area contributed by atoms with E-state index in [1.54, 1.807) is 20.8 Å². The summed E-state index contributed by atoms with van der Waals surface area (Å²) in [4.78, 5) is 11.9. The fraction of sp³-hybridized carbons (Fsp3) is 0.562. The molecule has 146 valence electrons. The second kappa shape index (κ2) is 7.26. The second-order valence-corrected chi connectivity index (χ2v) is 10.0. The summed E-state index contributed by atoms with van der Waals surface area (Å²) >= 11 is 11.9. The molecule has 3 N–H and O–H groups in total. The average molecular weight is 424 g/mol. The van der Waals surface area contributed by atoms with Crippen molar-refractivity contribution >= 4 is 39.3 Å². The van der Waals surface area contributed by atoms with Crippen LogP contribution in [0.25, 0.3) is 0 Å². The Morgan fingerprint density at radius 2 is 2.00 bits per heavy atom. The first-order chi connectivity index (χ1) is 11.8. The Morgan fingerprint density at radius 1 is 1.38 bits per heavy atom. The highest BCUT2D eigenvalue weighted by molar-refractivity contribution is 7.89. The molecule has 1 aromatic rings. The minimum atomic E-state index is -3.98. The van der Waals surface area contributed by atoms with Gasteiger partial charge in [0.1, 0.15) is 17.5 Å². The predicted octanol–water partition coefficient (Wildman–Crippen LogP) is 1.33. The number of amides is 1. The number of rotatable bonds is 4. The van der Waals surface area contributed by atoms with Crippen LogP contribution in [0.5, 0.6) is 0 Å². The van der Waals surface area contributed by atoms with E-state index in [1.807, 2.05) is 0 Å². The van der Waals surface area contributed by atoms with Crippen LogP contribution in [-0.2, 0) is 10.0 Å². The molecular formula is C16H23Cl2N3O4S. The number of benzene rings is 1. The molecule has 0 spiro atoms. The molecule has 3 atom stereocenters. The number of nitrogens with one attached hydrogen (secondary N) is 1. The molecule has 2 rings (SSSR count). The lowest BCUT2D eigenvalue weighted by molar-refractivity contribution is -0.929. The van der Waals surface area contributed by atoms with Gasteiger partial charge in [0.15, 0.2) is 0 Å². The van der Waals surface area contributed by atoms with E-state index >= 15 is 0 Å². The summed E-state index contributed by atoms with van der Waals surface area (Å²) in [6.45, 7) is 5.45. The van der Waals surface area contributed by atoms with Gasteiger partial charge in [0.2, 0.25) is 10.0 Å². The smallest absolute Gasteiger partial charge is 0.258 e. The standard InChI is InChI=1S/C16H23Cl2N3O4S/c1-16(2,3)21(15(22)23)9-11(7-12(21)8-19)20-26(24,25)14-6-10(17)4-5-13(14)18/h4-6,11-12,20H,7-9,19H2,1-3H3/t11-,12-,21?/m1/s1. The molecule has 1 heterocycles. The van der Waals surface area contributed by atoms with Crippen LogP contribution in [0.4, 0.5) is 4.79 Å². The molecule has 0 saturated carbocycles. The topological polar surface area (TPSA) is 112 Å². The summed E-state index contributed by atoms with van der Waals surface area (Å²) in [6.07, 6.45) is -0.991. The van der Waals surface area contributed by atoms with Gasteiger partial charge in [-0.3, -0.25) is 4.48 Å². The van der Waals surface area contributed by atoms with Crippen LogP contribution < -0.4 is 15.6 Å². The van der Waals surface area contributed by atoms with Gasteiger partial charge in [0.25, 0.3) is 6.09 Å². The molecule has 0 radical (unpaired) electrons. The largest absolute Gasteiger partial charge is 0.498 e. The molecule has 1 unspecified atom stereocenters. The third-order valence-electron chi connectivity index (χ3n) is 4.99. The summed E-state index contributed by atoms with van der Waals surface area (Å²) in [5, 5.41) is 12.3. The molecule has 10 heteroatoms. The van der Waals surface area contributed by atoms with Crippen molar-refractivity contribution in [3.8, 4) is 0 Å². The molecule has 0 bridgehead atoms. The van der Waals surface area contributed by atoms with Crippen LogP contribution in [0, 0.1) is 0 Å². The minimum absolute atomic E-state index is 0.0329. The highest BCUT2D eigenvalue weighted by Crippen LogP contribution is 2.37. The van der Waals surface area contributed by atoms with E-state index in [1.165, 1.54) is 18.2 Å². The number of quaternary nitrogens is 1. The Morgan fingerprint density at radius 3 is 2.46 bits per heavy atom. The number of nitrogens with two attached hydrogens (primary N) is 1. The minimum Gasteiger partial charge on any atom is -0.498 e. The Kier molecular flexibility index (Phi) is 5.97. The molecule has 1 aromatic carbocycles. The van der Waals surface area contributed by atoms with Crippen molar-refractivity contribution in [2.75, 3.05) is 13.1 Å². The second-order valence-electron chi connectivity index (χ2n) is 7.51. The SMILES string of the molecule is CC(C)(C)[N+]1(C(=O)[O-])C[C@H](NS(=O)(=O)c2cc(Cl)ccc2Cl)C[C@@H]1CN. The molecular weight excluding hydrogens is 401 g/mol. The number of likely N-dealkylation sites (tertiary alicyclic amines) is 1. The van der Waals surface area contributed by atoms with Gasteiger partial charge in [-0.05, 0) is 39.0 Å². The Labute approximate surface area is 163 Å². The number of hydrogen-bond acceptors (Lipinski definition) is 5. The van der Waals surface area contributed by atoms with E-state index in [-0.39, 0.29) is 34.5 Å². The van der Waals surface area contributed by atoms with Crippen LogP contribution in [0.15, 0.2) is 23.1 Å². The number of carbonyl (C=O) groups is 1. The predicted molar refractivity (Wildman–Crippen MR) is 98.3 cm³/mol. The highest BCUT2D eigenvalue weighted by atomic mass is 35.5. The number of halogens is 2. The number of sulfonamides is 1. The fourth-order valence-electron chi connectivity index (χ4n) is 3.73.